The molecule has 0 fully saturated rings. The van der Waals surface area contributed by atoms with Gasteiger partial charge in [0, 0.05) is 49.3 Å². The summed E-state index contributed by atoms with van der Waals surface area (Å²) in [5.74, 6) is 0.670. The number of nitrogens with zero attached hydrogens (tertiary/aromatic N) is 6. The highest BCUT2D eigenvalue weighted by Gasteiger charge is 2.27. The molecule has 0 saturated carbocycles. The molecule has 13 rings (SSSR count). The van der Waals surface area contributed by atoms with Gasteiger partial charge in [-0.05, 0) is 133 Å². The van der Waals surface area contributed by atoms with E-state index >= 15 is 0 Å². The van der Waals surface area contributed by atoms with E-state index in [1.807, 2.05) is 6.07 Å². The first-order valence-electron chi connectivity index (χ1n) is 23.8. The minimum Gasteiger partial charge on any atom is -0.307 e. The van der Waals surface area contributed by atoms with E-state index in [1.54, 1.807) is 0 Å². The van der Waals surface area contributed by atoms with Gasteiger partial charge in [-0.2, -0.15) is 0 Å². The molecule has 0 unspecified atom stereocenters. The van der Waals surface area contributed by atoms with Gasteiger partial charge in [-0.15, -0.1) is 0 Å². The first kappa shape index (κ1) is 40.6. The van der Waals surface area contributed by atoms with E-state index in [1.165, 1.54) is 49.4 Å². The van der Waals surface area contributed by atoms with E-state index in [9.17, 15) is 0 Å². The van der Waals surface area contributed by atoms with Crippen molar-refractivity contribution in [3.05, 3.63) is 216 Å². The van der Waals surface area contributed by atoms with Crippen LogP contribution < -0.4 is 0 Å². The molecule has 0 saturated heterocycles. The Morgan fingerprint density at radius 2 is 0.696 bits per heavy atom. The number of aryl methyl sites for hydroxylation is 6. The number of aromatic nitrogens is 6. The van der Waals surface area contributed by atoms with Crippen molar-refractivity contribution in [3.8, 4) is 51.0 Å². The van der Waals surface area contributed by atoms with Crippen molar-refractivity contribution in [1.82, 2.24) is 28.7 Å². The van der Waals surface area contributed by atoms with Crippen LogP contribution in [-0.4, -0.2) is 28.7 Å². The summed E-state index contributed by atoms with van der Waals surface area (Å²) in [7, 11) is 0. The number of hydrogen-bond acceptors (Lipinski definition) is 3. The first-order valence-corrected chi connectivity index (χ1v) is 23.8. The Morgan fingerprint density at radius 1 is 0.304 bits per heavy atom. The smallest absolute Gasteiger partial charge is 0.160 e. The third-order valence-corrected chi connectivity index (χ3v) is 14.0. The summed E-state index contributed by atoms with van der Waals surface area (Å²) in [5, 5.41) is 5.97. The highest BCUT2D eigenvalue weighted by molar-refractivity contribution is 6.14. The molecule has 0 N–H and O–H groups in total. The molecule has 6 nitrogen and oxygen atoms in total. The van der Waals surface area contributed by atoms with Crippen molar-refractivity contribution < 1.29 is 0 Å². The highest BCUT2D eigenvalue weighted by atomic mass is 15.1. The van der Waals surface area contributed by atoms with Crippen molar-refractivity contribution in [2.45, 2.75) is 41.5 Å². The van der Waals surface area contributed by atoms with Gasteiger partial charge in [-0.25, -0.2) is 9.97 Å². The molecule has 0 spiro atoms. The summed E-state index contributed by atoms with van der Waals surface area (Å²) in [4.78, 5) is 16.1. The molecule has 0 atom stereocenters. The Balaban J connectivity index is 1.28. The lowest BCUT2D eigenvalue weighted by molar-refractivity contribution is 1.05. The average Bonchev–Trinajstić information content (AvgIpc) is 3.97. The minimum absolute atomic E-state index is 0.670. The van der Waals surface area contributed by atoms with E-state index in [-0.39, 0.29) is 0 Å². The van der Waals surface area contributed by atoms with Gasteiger partial charge >= 0.3 is 0 Å². The molecule has 5 heterocycles. The minimum atomic E-state index is 0.670. The highest BCUT2D eigenvalue weighted by Crippen LogP contribution is 2.45. The largest absolute Gasteiger partial charge is 0.307 e. The van der Waals surface area contributed by atoms with E-state index in [0.717, 1.165) is 94.8 Å². The zero-order chi connectivity index (χ0) is 46.7. The lowest BCUT2D eigenvalue weighted by Gasteiger charge is -2.24. The van der Waals surface area contributed by atoms with Crippen LogP contribution in [0.3, 0.4) is 0 Å². The molecule has 0 aliphatic carbocycles. The quantitative estimate of drug-likeness (QED) is 0.167. The fraction of sp³-hybridized carbons (Fsp3) is 0.0952. The zero-order valence-corrected chi connectivity index (χ0v) is 39.5. The third-order valence-electron chi connectivity index (χ3n) is 14.0. The van der Waals surface area contributed by atoms with Crippen LogP contribution >= 0.6 is 0 Å². The predicted octanol–water partition coefficient (Wildman–Crippen LogP) is 16.0. The van der Waals surface area contributed by atoms with Crippen molar-refractivity contribution in [2.75, 3.05) is 0 Å². The van der Waals surface area contributed by atoms with Crippen LogP contribution in [0.15, 0.2) is 182 Å². The predicted molar refractivity (Wildman–Crippen MR) is 288 cm³/mol. The fourth-order valence-electron chi connectivity index (χ4n) is 10.7. The summed E-state index contributed by atoms with van der Waals surface area (Å²) < 4.78 is 7.48. The van der Waals surface area contributed by atoms with E-state index in [0.29, 0.717) is 5.82 Å². The molecule has 0 aliphatic heterocycles. The van der Waals surface area contributed by atoms with Crippen LogP contribution in [0.1, 0.15) is 33.5 Å². The van der Waals surface area contributed by atoms with Crippen LogP contribution in [0.2, 0.25) is 0 Å². The standard InChI is InChI=1S/C63H48N6/c1-37-17-23-53-46(29-37)47-30-38(2)18-24-54(47)67(53)59-34-45(52-36-51(43-13-9-7-10-14-43)65-63(66-52)44-15-11-8-12-16-44)35-60(68-55-25-19-39(3)31-48(55)49-32-40(4)20-26-56(49)68)62(59)69-57-27-21-41(5)33-50(57)61-58(69)28-22-42(6)64-61/h7-36H,1-6H3. The zero-order valence-electron chi connectivity index (χ0n) is 39.5. The second kappa shape index (κ2) is 15.5. The Morgan fingerprint density at radius 3 is 1.16 bits per heavy atom. The van der Waals surface area contributed by atoms with Gasteiger partial charge in [-0.3, -0.25) is 4.98 Å². The van der Waals surface area contributed by atoms with Crippen LogP contribution in [0.5, 0.6) is 0 Å². The molecule has 0 amide bonds. The second-order valence-corrected chi connectivity index (χ2v) is 19.0. The van der Waals surface area contributed by atoms with Crippen LogP contribution in [0.4, 0.5) is 0 Å². The fourth-order valence-corrected chi connectivity index (χ4v) is 10.7. The maximum Gasteiger partial charge on any atom is 0.160 e. The van der Waals surface area contributed by atoms with Crippen LogP contribution in [0, 0.1) is 41.5 Å². The van der Waals surface area contributed by atoms with Gasteiger partial charge in [0.25, 0.3) is 0 Å². The third kappa shape index (κ3) is 6.51. The topological polar surface area (TPSA) is 53.5 Å². The second-order valence-electron chi connectivity index (χ2n) is 19.0. The molecule has 330 valence electrons. The van der Waals surface area contributed by atoms with Crippen molar-refractivity contribution >= 4 is 65.5 Å². The van der Waals surface area contributed by atoms with Crippen molar-refractivity contribution in [2.24, 2.45) is 0 Å². The SMILES string of the molecule is Cc1ccc2c(c1)c1cc(C)ccc1n2-c1cc(-c2cc(-c3ccccc3)nc(-c3ccccc3)n2)cc(-n2c3ccc(C)cc3c3cc(C)ccc32)c1-n1c2ccc(C)cc2c2nc(C)ccc21. The Labute approximate surface area is 400 Å². The number of benzene rings is 8. The maximum absolute atomic E-state index is 5.51. The number of rotatable bonds is 6. The summed E-state index contributed by atoms with van der Waals surface area (Å²) in [5.41, 5.74) is 22.4. The normalized spacial score (nSPS) is 11.9. The van der Waals surface area contributed by atoms with Crippen LogP contribution in [-0.2, 0) is 0 Å². The van der Waals surface area contributed by atoms with Gasteiger partial charge < -0.3 is 13.7 Å². The maximum atomic E-state index is 5.51. The average molecular weight is 889 g/mol. The molecular formula is C63H48N6. The van der Waals surface area contributed by atoms with Crippen molar-refractivity contribution in [1.29, 1.82) is 0 Å². The Kier molecular flexibility index (Phi) is 9.12. The van der Waals surface area contributed by atoms with E-state index < -0.39 is 0 Å². The molecule has 0 radical (unpaired) electrons. The summed E-state index contributed by atoms with van der Waals surface area (Å²) in [6.07, 6.45) is 0. The van der Waals surface area contributed by atoms with E-state index in [2.05, 4.69) is 231 Å². The molecule has 13 aromatic rings. The number of fused-ring (bicyclic) bond motifs is 9. The lowest BCUT2D eigenvalue weighted by atomic mass is 10.0. The molecule has 8 aromatic carbocycles. The van der Waals surface area contributed by atoms with Gasteiger partial charge in [-0.1, -0.05) is 119 Å². The molecule has 0 aliphatic rings. The molecule has 0 bridgehead atoms. The van der Waals surface area contributed by atoms with Gasteiger partial charge in [0.2, 0.25) is 0 Å². The molecular weight excluding hydrogens is 841 g/mol. The summed E-state index contributed by atoms with van der Waals surface area (Å²) in [6.45, 7) is 13.0. The molecule has 69 heavy (non-hydrogen) atoms. The number of pyridine rings is 1. The first-order chi connectivity index (χ1) is 33.6. The van der Waals surface area contributed by atoms with Gasteiger partial charge in [0.05, 0.1) is 67.1 Å². The summed E-state index contributed by atoms with van der Waals surface area (Å²) in [6, 6.07) is 66.5. The van der Waals surface area contributed by atoms with E-state index in [4.69, 9.17) is 15.0 Å². The summed E-state index contributed by atoms with van der Waals surface area (Å²) >= 11 is 0. The monoisotopic (exact) mass is 888 g/mol. The molecule has 6 heteroatoms. The Hall–Kier alpha value is -8.61. The van der Waals surface area contributed by atoms with Crippen molar-refractivity contribution in [3.63, 3.8) is 0 Å². The Bertz CT molecular complexity index is 3860. The lowest BCUT2D eigenvalue weighted by Crippen LogP contribution is -2.10. The van der Waals surface area contributed by atoms with Gasteiger partial charge in [0.15, 0.2) is 5.82 Å². The van der Waals surface area contributed by atoms with Gasteiger partial charge in [0.1, 0.15) is 0 Å². The number of hydrogen-bond donors (Lipinski definition) is 0. The van der Waals surface area contributed by atoms with Crippen LogP contribution in [0.25, 0.3) is 117 Å². The molecule has 5 aromatic heterocycles.